The Morgan fingerprint density at radius 3 is 2.76 bits per heavy atom. The van der Waals surface area contributed by atoms with Gasteiger partial charge in [-0.05, 0) is 54.7 Å². The Balaban J connectivity index is 1.67. The van der Waals surface area contributed by atoms with Crippen molar-refractivity contribution in [2.24, 2.45) is 5.41 Å². The molecule has 0 spiro atoms. The normalized spacial score (nSPS) is 25.9. The molecule has 1 aromatic carbocycles. The first-order chi connectivity index (χ1) is 8.23. The molecule has 2 unspecified atom stereocenters. The van der Waals surface area contributed by atoms with Crippen LogP contribution in [0.3, 0.4) is 0 Å². The van der Waals surface area contributed by atoms with Crippen LogP contribution >= 0.6 is 0 Å². The van der Waals surface area contributed by atoms with Gasteiger partial charge in [-0.1, -0.05) is 38.1 Å². The summed E-state index contributed by atoms with van der Waals surface area (Å²) in [6, 6.07) is 9.69. The van der Waals surface area contributed by atoms with E-state index in [2.05, 4.69) is 43.4 Å². The highest BCUT2D eigenvalue weighted by atomic mass is 14.9. The van der Waals surface area contributed by atoms with E-state index in [1.54, 1.807) is 11.1 Å². The fraction of sp³-hybridized carbons (Fsp3) is 0.625. The molecular formula is C16H23N. The molecule has 1 N–H and O–H groups in total. The molecule has 1 nitrogen and oxygen atoms in total. The Kier molecular flexibility index (Phi) is 2.74. The highest BCUT2D eigenvalue weighted by Crippen LogP contribution is 2.51. The molecule has 1 fully saturated rings. The van der Waals surface area contributed by atoms with Crippen molar-refractivity contribution in [1.29, 1.82) is 0 Å². The molecule has 92 valence electrons. The lowest BCUT2D eigenvalue weighted by atomic mass is 9.72. The van der Waals surface area contributed by atoms with Crippen LogP contribution in [0.25, 0.3) is 0 Å². The zero-order valence-electron chi connectivity index (χ0n) is 11.0. The van der Waals surface area contributed by atoms with Crippen molar-refractivity contribution in [3.8, 4) is 0 Å². The lowest BCUT2D eigenvalue weighted by Crippen LogP contribution is -2.39. The van der Waals surface area contributed by atoms with E-state index in [9.17, 15) is 0 Å². The molecule has 0 heterocycles. The number of nitrogens with one attached hydrogen (secondary N) is 1. The first-order valence-corrected chi connectivity index (χ1v) is 7.04. The minimum absolute atomic E-state index is 0.598. The summed E-state index contributed by atoms with van der Waals surface area (Å²) in [5.41, 5.74) is 3.79. The van der Waals surface area contributed by atoms with Gasteiger partial charge in [0.15, 0.2) is 0 Å². The molecule has 0 bridgehead atoms. The van der Waals surface area contributed by atoms with Gasteiger partial charge in [0, 0.05) is 6.04 Å². The van der Waals surface area contributed by atoms with Crippen LogP contribution in [0.1, 0.15) is 50.2 Å². The first-order valence-electron chi connectivity index (χ1n) is 7.04. The average Bonchev–Trinajstić information content (AvgIpc) is 3.04. The van der Waals surface area contributed by atoms with Crippen LogP contribution in [-0.2, 0) is 6.42 Å². The molecule has 1 saturated carbocycles. The van der Waals surface area contributed by atoms with Crippen LogP contribution in [0.15, 0.2) is 24.3 Å². The summed E-state index contributed by atoms with van der Waals surface area (Å²) in [5, 5.41) is 3.71. The van der Waals surface area contributed by atoms with Crippen molar-refractivity contribution in [3.63, 3.8) is 0 Å². The van der Waals surface area contributed by atoms with Gasteiger partial charge in [-0.3, -0.25) is 0 Å². The summed E-state index contributed by atoms with van der Waals surface area (Å²) in [4.78, 5) is 0. The Morgan fingerprint density at radius 1 is 1.35 bits per heavy atom. The largest absolute Gasteiger partial charge is 0.314 e. The number of benzene rings is 1. The summed E-state index contributed by atoms with van der Waals surface area (Å²) in [5.74, 6) is 0.813. The van der Waals surface area contributed by atoms with E-state index in [0.29, 0.717) is 5.41 Å². The van der Waals surface area contributed by atoms with Gasteiger partial charge in [0.25, 0.3) is 0 Å². The van der Waals surface area contributed by atoms with Gasteiger partial charge in [0.1, 0.15) is 0 Å². The first kappa shape index (κ1) is 11.3. The molecule has 1 aromatic rings. The topological polar surface area (TPSA) is 12.0 Å². The van der Waals surface area contributed by atoms with Crippen LogP contribution in [0.5, 0.6) is 0 Å². The molecule has 2 atom stereocenters. The van der Waals surface area contributed by atoms with Crippen molar-refractivity contribution >= 4 is 0 Å². The van der Waals surface area contributed by atoms with E-state index >= 15 is 0 Å². The molecule has 0 radical (unpaired) electrons. The van der Waals surface area contributed by atoms with Gasteiger partial charge in [0.05, 0.1) is 0 Å². The third-order valence-electron chi connectivity index (χ3n) is 4.81. The quantitative estimate of drug-likeness (QED) is 0.815. The Hall–Kier alpha value is -0.820. The maximum Gasteiger partial charge on any atom is 0.0127 e. The van der Waals surface area contributed by atoms with Gasteiger partial charge in [-0.25, -0.2) is 0 Å². The van der Waals surface area contributed by atoms with Crippen LogP contribution in [0, 0.1) is 5.41 Å². The Labute approximate surface area is 105 Å². The summed E-state index contributed by atoms with van der Waals surface area (Å²) in [6.07, 6.45) is 5.47. The minimum Gasteiger partial charge on any atom is -0.314 e. The second kappa shape index (κ2) is 4.13. The molecule has 0 aliphatic heterocycles. The zero-order chi connectivity index (χ0) is 11.9. The Bertz CT molecular complexity index is 406. The monoisotopic (exact) mass is 229 g/mol. The van der Waals surface area contributed by atoms with Gasteiger partial charge < -0.3 is 5.32 Å². The molecule has 17 heavy (non-hydrogen) atoms. The third-order valence-corrected chi connectivity index (χ3v) is 4.81. The zero-order valence-corrected chi connectivity index (χ0v) is 11.0. The predicted octanol–water partition coefficient (Wildman–Crippen LogP) is 3.49. The van der Waals surface area contributed by atoms with Gasteiger partial charge in [-0.15, -0.1) is 0 Å². The van der Waals surface area contributed by atoms with E-state index in [0.717, 1.165) is 18.5 Å². The lowest BCUT2D eigenvalue weighted by Gasteiger charge is -2.35. The van der Waals surface area contributed by atoms with Crippen molar-refractivity contribution in [2.45, 2.75) is 51.5 Å². The van der Waals surface area contributed by atoms with Crippen molar-refractivity contribution in [3.05, 3.63) is 35.4 Å². The smallest absolute Gasteiger partial charge is 0.0127 e. The predicted molar refractivity (Wildman–Crippen MR) is 72.3 cm³/mol. The van der Waals surface area contributed by atoms with Crippen molar-refractivity contribution in [1.82, 2.24) is 5.32 Å². The third kappa shape index (κ3) is 2.01. The molecule has 1 heteroatoms. The van der Waals surface area contributed by atoms with E-state index < -0.39 is 0 Å². The average molecular weight is 229 g/mol. The van der Waals surface area contributed by atoms with Crippen molar-refractivity contribution in [2.75, 3.05) is 6.54 Å². The summed E-state index contributed by atoms with van der Waals surface area (Å²) < 4.78 is 0. The highest BCUT2D eigenvalue weighted by molar-refractivity contribution is 5.40. The lowest BCUT2D eigenvalue weighted by molar-refractivity contribution is 0.312. The molecule has 2 aliphatic rings. The van der Waals surface area contributed by atoms with E-state index in [-0.39, 0.29) is 0 Å². The standard InChI is InChI=1S/C16H23N/c1-3-17-15(16(2)8-9-16)11-13-10-12-6-4-5-7-14(12)13/h4-7,13,15,17H,3,8-11H2,1-2H3. The van der Waals surface area contributed by atoms with E-state index in [4.69, 9.17) is 0 Å². The maximum absolute atomic E-state index is 3.71. The van der Waals surface area contributed by atoms with Crippen molar-refractivity contribution < 1.29 is 0 Å². The van der Waals surface area contributed by atoms with Crippen LogP contribution in [0.4, 0.5) is 0 Å². The molecule has 3 rings (SSSR count). The van der Waals surface area contributed by atoms with Crippen LogP contribution in [0.2, 0.25) is 0 Å². The fourth-order valence-corrected chi connectivity index (χ4v) is 3.26. The minimum atomic E-state index is 0.598. The molecule has 0 saturated heterocycles. The molecule has 0 aromatic heterocycles. The van der Waals surface area contributed by atoms with Gasteiger partial charge in [0.2, 0.25) is 0 Å². The summed E-state index contributed by atoms with van der Waals surface area (Å²) in [6.45, 7) is 5.78. The maximum atomic E-state index is 3.71. The number of hydrogen-bond donors (Lipinski definition) is 1. The Morgan fingerprint density at radius 2 is 2.12 bits per heavy atom. The second-order valence-electron chi connectivity index (χ2n) is 6.10. The number of hydrogen-bond acceptors (Lipinski definition) is 1. The fourth-order valence-electron chi connectivity index (χ4n) is 3.26. The highest BCUT2D eigenvalue weighted by Gasteiger charge is 2.45. The number of rotatable bonds is 5. The molecule has 2 aliphatic carbocycles. The molecular weight excluding hydrogens is 206 g/mol. The van der Waals surface area contributed by atoms with E-state index in [1.165, 1.54) is 25.7 Å². The SMILES string of the molecule is CCNC(CC1Cc2ccccc21)C1(C)CC1. The summed E-state index contributed by atoms with van der Waals surface area (Å²) >= 11 is 0. The van der Waals surface area contributed by atoms with Crippen LogP contribution < -0.4 is 5.32 Å². The summed E-state index contributed by atoms with van der Waals surface area (Å²) in [7, 11) is 0. The van der Waals surface area contributed by atoms with Crippen LogP contribution in [-0.4, -0.2) is 12.6 Å². The second-order valence-corrected chi connectivity index (χ2v) is 6.10. The van der Waals surface area contributed by atoms with Gasteiger partial charge >= 0.3 is 0 Å². The number of fused-ring (bicyclic) bond motifs is 1. The van der Waals surface area contributed by atoms with E-state index in [1.807, 2.05) is 0 Å². The molecule has 0 amide bonds. The van der Waals surface area contributed by atoms with Gasteiger partial charge in [-0.2, -0.15) is 0 Å².